The maximum absolute atomic E-state index is 13.1. The molecule has 330 valence electrons. The number of rotatable bonds is 42. The summed E-state index contributed by atoms with van der Waals surface area (Å²) in [6.07, 6.45) is 54.3. The van der Waals surface area contributed by atoms with Gasteiger partial charge in [0.05, 0.1) is 25.2 Å². The SMILES string of the molecule is CC/C=C/C/C=C/C/C=C/CCCCCCC(=O)OC(CCC/C=C/C=C/CCCCCCCCC)CC(=O)NC(CO)C(O)CCCCCCCCCCCC. The van der Waals surface area contributed by atoms with Crippen LogP contribution in [0.1, 0.15) is 226 Å². The van der Waals surface area contributed by atoms with Gasteiger partial charge in [0.15, 0.2) is 0 Å². The van der Waals surface area contributed by atoms with Gasteiger partial charge in [0.25, 0.3) is 0 Å². The molecule has 3 atom stereocenters. The van der Waals surface area contributed by atoms with Crippen LogP contribution in [0.4, 0.5) is 0 Å². The van der Waals surface area contributed by atoms with Gasteiger partial charge in [0.2, 0.25) is 5.91 Å². The average Bonchev–Trinajstić information content (AvgIpc) is 3.20. The number of unbranched alkanes of at least 4 members (excludes halogenated alkanes) is 21. The van der Waals surface area contributed by atoms with Crippen molar-refractivity contribution in [1.29, 1.82) is 0 Å². The van der Waals surface area contributed by atoms with Crippen molar-refractivity contribution in [3.63, 3.8) is 0 Å². The third-order valence-electron chi connectivity index (χ3n) is 10.6. The maximum Gasteiger partial charge on any atom is 0.306 e. The van der Waals surface area contributed by atoms with Crippen LogP contribution in [0.5, 0.6) is 0 Å². The van der Waals surface area contributed by atoms with E-state index < -0.39 is 18.2 Å². The number of aliphatic hydroxyl groups excluding tert-OH is 2. The van der Waals surface area contributed by atoms with Crippen molar-refractivity contribution in [2.75, 3.05) is 6.61 Å². The van der Waals surface area contributed by atoms with Crippen molar-refractivity contribution in [2.45, 2.75) is 244 Å². The van der Waals surface area contributed by atoms with Gasteiger partial charge in [0, 0.05) is 6.42 Å². The van der Waals surface area contributed by atoms with E-state index >= 15 is 0 Å². The quantitative estimate of drug-likeness (QED) is 0.0247. The van der Waals surface area contributed by atoms with Gasteiger partial charge < -0.3 is 20.3 Å². The van der Waals surface area contributed by atoms with Gasteiger partial charge in [-0.3, -0.25) is 9.59 Å². The van der Waals surface area contributed by atoms with Crippen LogP contribution in [0.25, 0.3) is 0 Å². The van der Waals surface area contributed by atoms with Crippen LogP contribution in [0, 0.1) is 0 Å². The fourth-order valence-corrected chi connectivity index (χ4v) is 6.97. The Labute approximate surface area is 352 Å². The van der Waals surface area contributed by atoms with Crippen LogP contribution < -0.4 is 5.32 Å². The normalized spacial score (nSPS) is 13.8. The topological polar surface area (TPSA) is 95.9 Å². The second-order valence-corrected chi connectivity index (χ2v) is 16.2. The highest BCUT2D eigenvalue weighted by Gasteiger charge is 2.24. The van der Waals surface area contributed by atoms with E-state index in [1.54, 1.807) is 0 Å². The molecule has 0 aromatic rings. The first-order valence-corrected chi connectivity index (χ1v) is 24.0. The molecule has 0 aliphatic carbocycles. The molecule has 6 heteroatoms. The van der Waals surface area contributed by atoms with Crippen LogP contribution in [0.2, 0.25) is 0 Å². The Hall–Kier alpha value is -2.44. The standard InChI is InChI=1S/C51H91NO5/c1-4-7-10-13-16-19-22-24-26-28-30-33-36-39-42-47(57-51(56)44-41-38-35-32-29-27-25-23-20-17-14-11-8-5-2)45-50(55)52-48(46-53)49(54)43-40-37-34-31-21-18-15-12-9-6-3/h8,11,17,20,25-28,30,33,47-49,53-54H,4-7,9-10,12-16,18-19,21-24,29,31-32,34-46H2,1-3H3,(H,52,55)/b11-8+,20-17+,27-25+,28-26+,33-30+. The van der Waals surface area contributed by atoms with Crippen LogP contribution in [-0.2, 0) is 14.3 Å². The molecule has 0 saturated heterocycles. The molecule has 0 fully saturated rings. The fraction of sp³-hybridized carbons (Fsp3) is 0.765. The number of hydrogen-bond donors (Lipinski definition) is 3. The minimum Gasteiger partial charge on any atom is -0.462 e. The third-order valence-corrected chi connectivity index (χ3v) is 10.6. The molecule has 0 heterocycles. The molecule has 0 aliphatic rings. The Morgan fingerprint density at radius 2 is 1.02 bits per heavy atom. The fourth-order valence-electron chi connectivity index (χ4n) is 6.97. The smallest absolute Gasteiger partial charge is 0.306 e. The number of amides is 1. The summed E-state index contributed by atoms with van der Waals surface area (Å²) in [5, 5.41) is 23.6. The molecular formula is C51H91NO5. The Bertz CT molecular complexity index is 1030. The van der Waals surface area contributed by atoms with Crippen LogP contribution in [0.15, 0.2) is 60.8 Å². The first-order chi connectivity index (χ1) is 28.0. The molecule has 0 bridgehead atoms. The molecule has 3 N–H and O–H groups in total. The maximum atomic E-state index is 13.1. The average molecular weight is 798 g/mol. The second-order valence-electron chi connectivity index (χ2n) is 16.2. The molecule has 1 amide bonds. The molecule has 3 unspecified atom stereocenters. The predicted octanol–water partition coefficient (Wildman–Crippen LogP) is 14.1. The lowest BCUT2D eigenvalue weighted by atomic mass is 10.0. The number of hydrogen-bond acceptors (Lipinski definition) is 5. The molecule has 0 aromatic carbocycles. The summed E-state index contributed by atoms with van der Waals surface area (Å²) >= 11 is 0. The van der Waals surface area contributed by atoms with E-state index in [-0.39, 0.29) is 24.9 Å². The van der Waals surface area contributed by atoms with E-state index in [9.17, 15) is 19.8 Å². The van der Waals surface area contributed by atoms with Crippen molar-refractivity contribution >= 4 is 11.9 Å². The highest BCUT2D eigenvalue weighted by Crippen LogP contribution is 2.16. The van der Waals surface area contributed by atoms with Gasteiger partial charge in [-0.1, -0.05) is 197 Å². The van der Waals surface area contributed by atoms with Crippen LogP contribution in [-0.4, -0.2) is 46.9 Å². The van der Waals surface area contributed by atoms with Crippen LogP contribution in [0.3, 0.4) is 0 Å². The van der Waals surface area contributed by atoms with Crippen LogP contribution >= 0.6 is 0 Å². The van der Waals surface area contributed by atoms with Gasteiger partial charge in [-0.2, -0.15) is 0 Å². The number of nitrogens with one attached hydrogen (secondary N) is 1. The second kappa shape index (κ2) is 44.7. The van der Waals surface area contributed by atoms with Crippen molar-refractivity contribution < 1.29 is 24.5 Å². The largest absolute Gasteiger partial charge is 0.462 e. The third kappa shape index (κ3) is 40.1. The molecule has 0 rings (SSSR count). The zero-order valence-corrected chi connectivity index (χ0v) is 37.5. The lowest BCUT2D eigenvalue weighted by molar-refractivity contribution is -0.151. The van der Waals surface area contributed by atoms with E-state index in [4.69, 9.17) is 4.74 Å². The minimum absolute atomic E-state index is 0.0340. The molecular weight excluding hydrogens is 707 g/mol. The summed E-state index contributed by atoms with van der Waals surface area (Å²) in [6.45, 7) is 6.32. The van der Waals surface area contributed by atoms with Gasteiger partial charge in [-0.25, -0.2) is 0 Å². The van der Waals surface area contributed by atoms with E-state index in [1.165, 1.54) is 89.9 Å². The summed E-state index contributed by atoms with van der Waals surface area (Å²) in [4.78, 5) is 26.0. The number of aliphatic hydroxyl groups is 2. The first-order valence-electron chi connectivity index (χ1n) is 24.0. The van der Waals surface area contributed by atoms with E-state index in [0.29, 0.717) is 19.3 Å². The molecule has 0 radical (unpaired) electrons. The van der Waals surface area contributed by atoms with E-state index in [0.717, 1.165) is 89.9 Å². The number of carbonyl (C=O) groups is 2. The summed E-state index contributed by atoms with van der Waals surface area (Å²) in [5.41, 5.74) is 0. The van der Waals surface area contributed by atoms with Crippen molar-refractivity contribution in [3.8, 4) is 0 Å². The van der Waals surface area contributed by atoms with E-state index in [2.05, 4.69) is 86.8 Å². The van der Waals surface area contributed by atoms with Gasteiger partial charge >= 0.3 is 5.97 Å². The van der Waals surface area contributed by atoms with Crippen molar-refractivity contribution in [2.24, 2.45) is 0 Å². The Balaban J connectivity index is 4.72. The molecule has 0 spiro atoms. The Kier molecular flexibility index (Phi) is 42.7. The zero-order chi connectivity index (χ0) is 41.7. The number of ether oxygens (including phenoxy) is 1. The summed E-state index contributed by atoms with van der Waals surface area (Å²) in [6, 6.07) is -0.720. The lowest BCUT2D eigenvalue weighted by Gasteiger charge is -2.24. The van der Waals surface area contributed by atoms with Gasteiger partial charge in [-0.05, 0) is 77.0 Å². The number of allylic oxidation sites excluding steroid dienone is 10. The molecule has 0 aromatic heterocycles. The number of carbonyl (C=O) groups excluding carboxylic acids is 2. The van der Waals surface area contributed by atoms with Gasteiger partial charge in [-0.15, -0.1) is 0 Å². The Morgan fingerprint density at radius 3 is 1.58 bits per heavy atom. The van der Waals surface area contributed by atoms with Crippen molar-refractivity contribution in [3.05, 3.63) is 60.8 Å². The van der Waals surface area contributed by atoms with E-state index in [1.807, 2.05) is 0 Å². The molecule has 57 heavy (non-hydrogen) atoms. The summed E-state index contributed by atoms with van der Waals surface area (Å²) in [7, 11) is 0. The molecule has 6 nitrogen and oxygen atoms in total. The minimum atomic E-state index is -0.803. The number of esters is 1. The summed E-state index contributed by atoms with van der Waals surface area (Å²) in [5.74, 6) is -0.550. The zero-order valence-electron chi connectivity index (χ0n) is 37.5. The molecule has 0 aliphatic heterocycles. The molecule has 0 saturated carbocycles. The summed E-state index contributed by atoms with van der Waals surface area (Å²) < 4.78 is 5.88. The highest BCUT2D eigenvalue weighted by molar-refractivity contribution is 5.77. The predicted molar refractivity (Wildman–Crippen MR) is 245 cm³/mol. The lowest BCUT2D eigenvalue weighted by Crippen LogP contribution is -2.46. The monoisotopic (exact) mass is 798 g/mol. The Morgan fingerprint density at radius 1 is 0.544 bits per heavy atom. The highest BCUT2D eigenvalue weighted by atomic mass is 16.5. The first kappa shape index (κ1) is 54.6. The van der Waals surface area contributed by atoms with Gasteiger partial charge in [0.1, 0.15) is 6.10 Å². The van der Waals surface area contributed by atoms with Crippen molar-refractivity contribution in [1.82, 2.24) is 5.32 Å².